The summed E-state index contributed by atoms with van der Waals surface area (Å²) in [6.45, 7) is 5.74. The first kappa shape index (κ1) is 15.3. The van der Waals surface area contributed by atoms with Crippen molar-refractivity contribution in [3.05, 3.63) is 29.6 Å². The fraction of sp³-hybridized carbons (Fsp3) is 0.625. The summed E-state index contributed by atoms with van der Waals surface area (Å²) < 4.78 is 14.3. The van der Waals surface area contributed by atoms with E-state index in [1.807, 2.05) is 17.0 Å². The number of nitrogens with one attached hydrogen (secondary N) is 1. The highest BCUT2D eigenvalue weighted by Gasteiger charge is 2.24. The molecule has 0 aliphatic carbocycles. The molecule has 0 saturated carbocycles. The molecule has 1 fully saturated rings. The zero-order valence-electron chi connectivity index (χ0n) is 12.4. The van der Waals surface area contributed by atoms with Gasteiger partial charge in [-0.15, -0.1) is 0 Å². The lowest BCUT2D eigenvalue weighted by molar-refractivity contribution is 0.239. The predicted molar refractivity (Wildman–Crippen MR) is 80.4 cm³/mol. The van der Waals surface area contributed by atoms with Crippen molar-refractivity contribution >= 4 is 5.69 Å². The fourth-order valence-electron chi connectivity index (χ4n) is 2.72. The van der Waals surface area contributed by atoms with Gasteiger partial charge in [-0.3, -0.25) is 0 Å². The van der Waals surface area contributed by atoms with E-state index in [-0.39, 0.29) is 18.5 Å². The van der Waals surface area contributed by atoms with Crippen molar-refractivity contribution in [1.29, 1.82) is 0 Å². The summed E-state index contributed by atoms with van der Waals surface area (Å²) in [6.07, 6.45) is 3.11. The number of rotatable bonds is 5. The zero-order chi connectivity index (χ0) is 14.5. The molecule has 3 nitrogen and oxygen atoms in total. The van der Waals surface area contributed by atoms with E-state index in [0.29, 0.717) is 18.3 Å². The summed E-state index contributed by atoms with van der Waals surface area (Å²) in [6, 6.07) is 5.86. The first-order valence-electron chi connectivity index (χ1n) is 7.51. The molecule has 1 heterocycles. The van der Waals surface area contributed by atoms with Gasteiger partial charge in [0.15, 0.2) is 0 Å². The van der Waals surface area contributed by atoms with Gasteiger partial charge in [-0.2, -0.15) is 0 Å². The van der Waals surface area contributed by atoms with Crippen molar-refractivity contribution in [2.75, 3.05) is 18.1 Å². The molecule has 0 bridgehead atoms. The van der Waals surface area contributed by atoms with Gasteiger partial charge in [0, 0.05) is 19.1 Å². The Bertz CT molecular complexity index is 436. The summed E-state index contributed by atoms with van der Waals surface area (Å²) in [5.41, 5.74) is 1.58. The molecular weight excluding hydrogens is 255 g/mol. The molecule has 1 aliphatic heterocycles. The van der Waals surface area contributed by atoms with E-state index in [0.717, 1.165) is 31.4 Å². The SMILES string of the molecule is CC(C)NCc1ccc(N2CCCCC2CO)c(F)c1. The summed E-state index contributed by atoms with van der Waals surface area (Å²) in [5, 5.41) is 12.7. The van der Waals surface area contributed by atoms with Crippen LogP contribution in [0.25, 0.3) is 0 Å². The van der Waals surface area contributed by atoms with Crippen LogP contribution in [0.1, 0.15) is 38.7 Å². The number of aliphatic hydroxyl groups excluding tert-OH is 1. The molecule has 1 saturated heterocycles. The molecule has 0 aromatic heterocycles. The van der Waals surface area contributed by atoms with Gasteiger partial charge in [0.25, 0.3) is 0 Å². The van der Waals surface area contributed by atoms with Gasteiger partial charge in [0.1, 0.15) is 5.82 Å². The van der Waals surface area contributed by atoms with Crippen LogP contribution in [-0.4, -0.2) is 30.3 Å². The normalized spacial score (nSPS) is 19.6. The van der Waals surface area contributed by atoms with Crippen LogP contribution in [0.3, 0.4) is 0 Å². The number of hydrogen-bond acceptors (Lipinski definition) is 3. The standard InChI is InChI=1S/C16H25FN2O/c1-12(2)18-10-13-6-7-16(15(17)9-13)19-8-4-3-5-14(19)11-20/h6-7,9,12,14,18,20H,3-5,8,10-11H2,1-2H3. The molecule has 1 aliphatic rings. The van der Waals surface area contributed by atoms with Gasteiger partial charge in [-0.05, 0) is 37.0 Å². The van der Waals surface area contributed by atoms with Gasteiger partial charge in [-0.25, -0.2) is 4.39 Å². The predicted octanol–water partition coefficient (Wildman–Crippen LogP) is 2.67. The zero-order valence-corrected chi connectivity index (χ0v) is 12.4. The number of piperidine rings is 1. The molecule has 0 radical (unpaired) electrons. The molecule has 112 valence electrons. The maximum Gasteiger partial charge on any atom is 0.146 e. The van der Waals surface area contributed by atoms with E-state index >= 15 is 0 Å². The lowest BCUT2D eigenvalue weighted by Crippen LogP contribution is -2.42. The van der Waals surface area contributed by atoms with Crippen LogP contribution < -0.4 is 10.2 Å². The van der Waals surface area contributed by atoms with E-state index in [1.54, 1.807) is 6.07 Å². The summed E-state index contributed by atoms with van der Waals surface area (Å²) >= 11 is 0. The molecule has 1 unspecified atom stereocenters. The molecule has 20 heavy (non-hydrogen) atoms. The smallest absolute Gasteiger partial charge is 0.146 e. The first-order valence-corrected chi connectivity index (χ1v) is 7.51. The minimum absolute atomic E-state index is 0.0536. The van der Waals surface area contributed by atoms with Crippen molar-refractivity contribution in [1.82, 2.24) is 5.32 Å². The maximum absolute atomic E-state index is 14.3. The quantitative estimate of drug-likeness (QED) is 0.870. The largest absolute Gasteiger partial charge is 0.394 e. The Balaban J connectivity index is 2.12. The number of nitrogens with zero attached hydrogens (tertiary/aromatic N) is 1. The van der Waals surface area contributed by atoms with Crippen molar-refractivity contribution in [2.45, 2.75) is 51.7 Å². The lowest BCUT2D eigenvalue weighted by atomic mass is 10.0. The van der Waals surface area contributed by atoms with Crippen molar-refractivity contribution in [3.8, 4) is 0 Å². The Morgan fingerprint density at radius 1 is 1.40 bits per heavy atom. The Hall–Kier alpha value is -1.13. The summed E-state index contributed by atoms with van der Waals surface area (Å²) in [5.74, 6) is -0.187. The highest BCUT2D eigenvalue weighted by molar-refractivity contribution is 5.50. The molecule has 2 rings (SSSR count). The van der Waals surface area contributed by atoms with Crippen LogP contribution in [-0.2, 0) is 6.54 Å². The number of aliphatic hydroxyl groups is 1. The molecule has 1 aromatic carbocycles. The van der Waals surface area contributed by atoms with Gasteiger partial charge in [0.05, 0.1) is 18.3 Å². The Morgan fingerprint density at radius 3 is 2.85 bits per heavy atom. The average molecular weight is 280 g/mol. The van der Waals surface area contributed by atoms with Crippen LogP contribution >= 0.6 is 0 Å². The van der Waals surface area contributed by atoms with Crippen LogP contribution in [0.15, 0.2) is 18.2 Å². The van der Waals surface area contributed by atoms with Crippen molar-refractivity contribution in [2.24, 2.45) is 0 Å². The topological polar surface area (TPSA) is 35.5 Å². The van der Waals surface area contributed by atoms with Gasteiger partial charge < -0.3 is 15.3 Å². The minimum Gasteiger partial charge on any atom is -0.394 e. The minimum atomic E-state index is -0.187. The van der Waals surface area contributed by atoms with E-state index in [2.05, 4.69) is 19.2 Å². The Morgan fingerprint density at radius 2 is 2.20 bits per heavy atom. The summed E-state index contributed by atoms with van der Waals surface area (Å²) in [7, 11) is 0. The van der Waals surface area contributed by atoms with Crippen LogP contribution in [0.2, 0.25) is 0 Å². The van der Waals surface area contributed by atoms with E-state index in [9.17, 15) is 9.50 Å². The maximum atomic E-state index is 14.3. The number of halogens is 1. The van der Waals surface area contributed by atoms with Crippen LogP contribution in [0.4, 0.5) is 10.1 Å². The third-order valence-corrected chi connectivity index (χ3v) is 3.87. The fourth-order valence-corrected chi connectivity index (χ4v) is 2.72. The lowest BCUT2D eigenvalue weighted by Gasteiger charge is -2.36. The number of anilines is 1. The molecule has 4 heteroatoms. The van der Waals surface area contributed by atoms with Crippen LogP contribution in [0.5, 0.6) is 0 Å². The first-order chi connectivity index (χ1) is 9.61. The molecule has 0 amide bonds. The van der Waals surface area contributed by atoms with Crippen molar-refractivity contribution in [3.63, 3.8) is 0 Å². The molecule has 1 atom stereocenters. The second-order valence-corrected chi connectivity index (χ2v) is 5.85. The monoisotopic (exact) mass is 280 g/mol. The number of benzene rings is 1. The third-order valence-electron chi connectivity index (χ3n) is 3.87. The highest BCUT2D eigenvalue weighted by atomic mass is 19.1. The second kappa shape index (κ2) is 7.04. The molecular formula is C16H25FN2O. The van der Waals surface area contributed by atoms with Crippen molar-refractivity contribution < 1.29 is 9.50 Å². The number of hydrogen-bond donors (Lipinski definition) is 2. The molecule has 1 aromatic rings. The summed E-state index contributed by atoms with van der Waals surface area (Å²) in [4.78, 5) is 2.01. The van der Waals surface area contributed by atoms with E-state index < -0.39 is 0 Å². The second-order valence-electron chi connectivity index (χ2n) is 5.85. The van der Waals surface area contributed by atoms with Crippen LogP contribution in [0, 0.1) is 5.82 Å². The Kier molecular flexibility index (Phi) is 5.38. The average Bonchev–Trinajstić information content (AvgIpc) is 2.45. The Labute approximate surface area is 120 Å². The van der Waals surface area contributed by atoms with Gasteiger partial charge >= 0.3 is 0 Å². The highest BCUT2D eigenvalue weighted by Crippen LogP contribution is 2.27. The molecule has 2 N–H and O–H groups in total. The molecule has 0 spiro atoms. The van der Waals surface area contributed by atoms with E-state index in [4.69, 9.17) is 0 Å². The van der Waals surface area contributed by atoms with E-state index in [1.165, 1.54) is 0 Å². The van der Waals surface area contributed by atoms with Gasteiger partial charge in [0.2, 0.25) is 0 Å². The van der Waals surface area contributed by atoms with Gasteiger partial charge in [-0.1, -0.05) is 19.9 Å². The third kappa shape index (κ3) is 3.70.